The van der Waals surface area contributed by atoms with Crippen LogP contribution in [0.3, 0.4) is 0 Å². The lowest BCUT2D eigenvalue weighted by Crippen LogP contribution is -2.17. The molecule has 0 aliphatic heterocycles. The Morgan fingerprint density at radius 1 is 1.37 bits per heavy atom. The van der Waals surface area contributed by atoms with E-state index in [1.165, 1.54) is 11.9 Å². The molecule has 0 saturated heterocycles. The van der Waals surface area contributed by atoms with Crippen molar-refractivity contribution >= 4 is 17.0 Å². The van der Waals surface area contributed by atoms with Gasteiger partial charge in [-0.1, -0.05) is 6.08 Å². The maximum Gasteiger partial charge on any atom is 0.165 e. The van der Waals surface area contributed by atoms with Gasteiger partial charge in [0.25, 0.3) is 0 Å². The Bertz CT molecular complexity index is 619. The van der Waals surface area contributed by atoms with Crippen LogP contribution in [0.1, 0.15) is 19.3 Å². The zero-order valence-corrected chi connectivity index (χ0v) is 10.7. The van der Waals surface area contributed by atoms with E-state index in [1.54, 1.807) is 6.33 Å². The third kappa shape index (κ3) is 2.19. The van der Waals surface area contributed by atoms with Crippen LogP contribution in [0.5, 0.6) is 0 Å². The normalized spacial score (nSPS) is 19.6. The summed E-state index contributed by atoms with van der Waals surface area (Å²) in [6.07, 6.45) is 8.69. The van der Waals surface area contributed by atoms with Crippen molar-refractivity contribution in [3.8, 4) is 0 Å². The minimum Gasteiger partial charge on any atom is -0.396 e. The predicted octanol–water partition coefficient (Wildman–Crippen LogP) is 1.13. The fourth-order valence-corrected chi connectivity index (χ4v) is 2.62. The van der Waals surface area contributed by atoms with Gasteiger partial charge in [-0.25, -0.2) is 15.0 Å². The summed E-state index contributed by atoms with van der Waals surface area (Å²) in [4.78, 5) is 12.4. The van der Waals surface area contributed by atoms with Gasteiger partial charge >= 0.3 is 0 Å². The second-order valence-electron chi connectivity index (χ2n) is 4.89. The molecule has 0 aromatic carbocycles. The minimum atomic E-state index is 0.204. The smallest absolute Gasteiger partial charge is 0.165 e. The van der Waals surface area contributed by atoms with E-state index < -0.39 is 0 Å². The van der Waals surface area contributed by atoms with Crippen molar-refractivity contribution in [1.82, 2.24) is 19.5 Å². The van der Waals surface area contributed by atoms with Crippen LogP contribution in [-0.2, 0) is 6.54 Å². The third-order valence-electron chi connectivity index (χ3n) is 3.69. The molecule has 0 spiro atoms. The van der Waals surface area contributed by atoms with Crippen LogP contribution in [0.4, 0.5) is 5.82 Å². The molecule has 1 unspecified atom stereocenters. The number of aliphatic hydroxyl groups excluding tert-OH is 1. The molecule has 0 radical (unpaired) electrons. The first kappa shape index (κ1) is 12.1. The number of hydrogen-bond acceptors (Lipinski definition) is 5. The van der Waals surface area contributed by atoms with Crippen molar-refractivity contribution in [2.24, 2.45) is 5.92 Å². The summed E-state index contributed by atoms with van der Waals surface area (Å²) in [5, 5.41) is 9.44. The Morgan fingerprint density at radius 3 is 3.11 bits per heavy atom. The Kier molecular flexibility index (Phi) is 3.16. The Hall–Kier alpha value is -1.95. The predicted molar refractivity (Wildman–Crippen MR) is 72.2 cm³/mol. The van der Waals surface area contributed by atoms with Crippen molar-refractivity contribution < 1.29 is 5.11 Å². The van der Waals surface area contributed by atoms with E-state index in [4.69, 9.17) is 5.73 Å². The number of rotatable bonds is 3. The molecule has 0 bridgehead atoms. The summed E-state index contributed by atoms with van der Waals surface area (Å²) in [5.74, 6) is 0.658. The summed E-state index contributed by atoms with van der Waals surface area (Å²) in [7, 11) is 0. The Morgan fingerprint density at radius 2 is 2.26 bits per heavy atom. The molecule has 2 heterocycles. The molecule has 1 aliphatic rings. The molecule has 19 heavy (non-hydrogen) atoms. The molecule has 2 aromatic rings. The molecule has 100 valence electrons. The number of anilines is 1. The van der Waals surface area contributed by atoms with Crippen LogP contribution in [-0.4, -0.2) is 31.2 Å². The van der Waals surface area contributed by atoms with Crippen LogP contribution in [0.2, 0.25) is 0 Å². The molecule has 1 aliphatic carbocycles. The highest BCUT2D eigenvalue weighted by atomic mass is 16.3. The molecule has 0 fully saturated rings. The lowest BCUT2D eigenvalue weighted by molar-refractivity contribution is 0.229. The number of aromatic nitrogens is 4. The zero-order valence-electron chi connectivity index (χ0n) is 10.7. The van der Waals surface area contributed by atoms with Gasteiger partial charge in [0.15, 0.2) is 11.5 Å². The highest BCUT2D eigenvalue weighted by Gasteiger charge is 2.18. The fourth-order valence-electron chi connectivity index (χ4n) is 2.62. The SMILES string of the molecule is Nc1ncnc2c1ncn2CC1=CCCCC1CO. The van der Waals surface area contributed by atoms with Crippen molar-refractivity contribution in [3.05, 3.63) is 24.3 Å². The summed E-state index contributed by atoms with van der Waals surface area (Å²) in [6.45, 7) is 0.910. The number of hydrogen-bond donors (Lipinski definition) is 2. The maximum atomic E-state index is 9.44. The van der Waals surface area contributed by atoms with Crippen LogP contribution < -0.4 is 5.73 Å². The molecule has 2 aromatic heterocycles. The van der Waals surface area contributed by atoms with E-state index in [-0.39, 0.29) is 12.5 Å². The molecule has 6 heteroatoms. The lowest BCUT2D eigenvalue weighted by atomic mass is 9.88. The van der Waals surface area contributed by atoms with Gasteiger partial charge in [0.2, 0.25) is 0 Å². The summed E-state index contributed by atoms with van der Waals surface area (Å²) < 4.78 is 1.97. The van der Waals surface area contributed by atoms with Gasteiger partial charge in [0.1, 0.15) is 11.8 Å². The van der Waals surface area contributed by atoms with Crippen molar-refractivity contribution in [3.63, 3.8) is 0 Å². The van der Waals surface area contributed by atoms with Crippen LogP contribution >= 0.6 is 0 Å². The quantitative estimate of drug-likeness (QED) is 0.806. The fraction of sp³-hybridized carbons (Fsp3) is 0.462. The van der Waals surface area contributed by atoms with Crippen molar-refractivity contribution in [1.29, 1.82) is 0 Å². The molecule has 1 atom stereocenters. The van der Waals surface area contributed by atoms with E-state index in [9.17, 15) is 5.11 Å². The lowest BCUT2D eigenvalue weighted by Gasteiger charge is -2.22. The molecule has 6 nitrogen and oxygen atoms in total. The summed E-state index contributed by atoms with van der Waals surface area (Å²) >= 11 is 0. The number of nitrogens with zero attached hydrogens (tertiary/aromatic N) is 4. The molecule has 3 N–H and O–H groups in total. The summed E-state index contributed by atoms with van der Waals surface area (Å²) in [6, 6.07) is 0. The van der Waals surface area contributed by atoms with E-state index in [0.29, 0.717) is 17.9 Å². The van der Waals surface area contributed by atoms with Gasteiger partial charge in [0.05, 0.1) is 6.33 Å². The van der Waals surface area contributed by atoms with Crippen molar-refractivity contribution in [2.45, 2.75) is 25.8 Å². The van der Waals surface area contributed by atoms with Crippen LogP contribution in [0.25, 0.3) is 11.2 Å². The second kappa shape index (κ2) is 4.97. The first-order valence-electron chi connectivity index (χ1n) is 6.50. The number of imidazole rings is 1. The van der Waals surface area contributed by atoms with Gasteiger partial charge in [-0.05, 0) is 24.8 Å². The third-order valence-corrected chi connectivity index (χ3v) is 3.69. The van der Waals surface area contributed by atoms with Crippen molar-refractivity contribution in [2.75, 3.05) is 12.3 Å². The zero-order chi connectivity index (χ0) is 13.2. The molecule has 0 amide bonds. The van der Waals surface area contributed by atoms with Crippen LogP contribution in [0.15, 0.2) is 24.3 Å². The number of allylic oxidation sites excluding steroid dienone is 1. The maximum absolute atomic E-state index is 9.44. The molecule has 0 saturated carbocycles. The minimum absolute atomic E-state index is 0.204. The molecular formula is C13H17N5O. The molecular weight excluding hydrogens is 242 g/mol. The number of aliphatic hydroxyl groups is 1. The average molecular weight is 259 g/mol. The van der Waals surface area contributed by atoms with Gasteiger partial charge in [0, 0.05) is 19.1 Å². The Labute approximate surface area is 111 Å². The average Bonchev–Trinajstić information content (AvgIpc) is 2.84. The highest BCUT2D eigenvalue weighted by Crippen LogP contribution is 2.26. The first-order chi connectivity index (χ1) is 9.29. The highest BCUT2D eigenvalue weighted by molar-refractivity contribution is 5.81. The number of nitrogens with two attached hydrogens (primary N) is 1. The number of fused-ring (bicyclic) bond motifs is 1. The van der Waals surface area contributed by atoms with E-state index in [2.05, 4.69) is 21.0 Å². The second-order valence-corrected chi connectivity index (χ2v) is 4.89. The van der Waals surface area contributed by atoms with E-state index >= 15 is 0 Å². The monoisotopic (exact) mass is 259 g/mol. The van der Waals surface area contributed by atoms with Crippen LogP contribution in [0, 0.1) is 5.92 Å². The summed E-state index contributed by atoms with van der Waals surface area (Å²) in [5.41, 5.74) is 8.41. The largest absolute Gasteiger partial charge is 0.396 e. The first-order valence-corrected chi connectivity index (χ1v) is 6.50. The van der Waals surface area contributed by atoms with Gasteiger partial charge < -0.3 is 15.4 Å². The standard InChI is InChI=1S/C13H17N5O/c14-12-11-13(16-7-15-12)18(8-17-11)5-9-3-1-2-4-10(9)6-19/h3,7-8,10,19H,1-2,4-6H2,(H2,14,15,16). The molecule has 3 rings (SSSR count). The van der Waals surface area contributed by atoms with E-state index in [0.717, 1.165) is 24.9 Å². The number of nitrogen functional groups attached to an aromatic ring is 1. The topological polar surface area (TPSA) is 89.9 Å². The Balaban J connectivity index is 1.93. The van der Waals surface area contributed by atoms with Gasteiger partial charge in [-0.3, -0.25) is 0 Å². The van der Waals surface area contributed by atoms with Gasteiger partial charge in [-0.2, -0.15) is 0 Å². The van der Waals surface area contributed by atoms with E-state index in [1.807, 2.05) is 4.57 Å². The van der Waals surface area contributed by atoms with Gasteiger partial charge in [-0.15, -0.1) is 0 Å².